The van der Waals surface area contributed by atoms with Crippen molar-refractivity contribution < 1.29 is 9.53 Å². The molecule has 0 aliphatic rings. The van der Waals surface area contributed by atoms with Crippen molar-refractivity contribution in [1.29, 1.82) is 0 Å². The first kappa shape index (κ1) is 17.7. The van der Waals surface area contributed by atoms with Gasteiger partial charge in [-0.2, -0.15) is 0 Å². The van der Waals surface area contributed by atoms with Crippen LogP contribution in [0.5, 0.6) is 5.75 Å². The predicted octanol–water partition coefficient (Wildman–Crippen LogP) is 4.19. The lowest BCUT2D eigenvalue weighted by atomic mass is 10.0. The first-order valence-electron chi connectivity index (χ1n) is 8.68. The van der Waals surface area contributed by atoms with Crippen LogP contribution in [0.3, 0.4) is 0 Å². The topological polar surface area (TPSA) is 51.2 Å². The van der Waals surface area contributed by atoms with Crippen LogP contribution in [0, 0.1) is 0 Å². The first-order valence-corrected chi connectivity index (χ1v) is 8.68. The molecule has 4 heteroatoms. The number of nitrogens with zero attached hydrogens (tertiary/aromatic N) is 1. The minimum absolute atomic E-state index is 0.127. The molecule has 0 saturated carbocycles. The number of hydrogen-bond acceptors (Lipinski definition) is 3. The van der Waals surface area contributed by atoms with E-state index in [2.05, 4.69) is 29.4 Å². The van der Waals surface area contributed by atoms with Gasteiger partial charge in [0.2, 0.25) is 0 Å². The highest BCUT2D eigenvalue weighted by Crippen LogP contribution is 2.20. The average Bonchev–Trinajstić information content (AvgIpc) is 2.72. The van der Waals surface area contributed by atoms with E-state index in [0.29, 0.717) is 24.5 Å². The molecule has 0 spiro atoms. The monoisotopic (exact) mass is 346 g/mol. The summed E-state index contributed by atoms with van der Waals surface area (Å²) in [5, 5.41) is 3.01. The van der Waals surface area contributed by atoms with Gasteiger partial charge in [0.05, 0.1) is 5.56 Å². The summed E-state index contributed by atoms with van der Waals surface area (Å²) >= 11 is 0. The Labute approximate surface area is 153 Å². The summed E-state index contributed by atoms with van der Waals surface area (Å²) in [6, 6.07) is 21.2. The van der Waals surface area contributed by atoms with Gasteiger partial charge in [-0.1, -0.05) is 49.4 Å². The second-order valence-corrected chi connectivity index (χ2v) is 6.16. The van der Waals surface area contributed by atoms with Crippen LogP contribution in [-0.2, 0) is 6.61 Å². The van der Waals surface area contributed by atoms with Crippen molar-refractivity contribution in [3.8, 4) is 5.75 Å². The van der Waals surface area contributed by atoms with Gasteiger partial charge >= 0.3 is 0 Å². The van der Waals surface area contributed by atoms with Gasteiger partial charge in [-0.25, -0.2) is 0 Å². The highest BCUT2D eigenvalue weighted by molar-refractivity contribution is 5.96. The summed E-state index contributed by atoms with van der Waals surface area (Å²) in [5.74, 6) is 0.692. The molecule has 1 N–H and O–H groups in total. The second-order valence-electron chi connectivity index (χ2n) is 6.16. The molecule has 1 atom stereocenters. The molecule has 1 heterocycles. The Morgan fingerprint density at radius 2 is 1.69 bits per heavy atom. The van der Waals surface area contributed by atoms with Crippen molar-refractivity contribution in [3.63, 3.8) is 0 Å². The maximum absolute atomic E-state index is 12.6. The average molecular weight is 346 g/mol. The highest BCUT2D eigenvalue weighted by Gasteiger charge is 2.13. The zero-order chi connectivity index (χ0) is 18.2. The fraction of sp³-hybridized carbons (Fsp3) is 0.182. The number of carbonyl (C=O) groups is 1. The lowest BCUT2D eigenvalue weighted by Gasteiger charge is -2.15. The molecular formula is C22H22N2O2. The molecule has 1 unspecified atom stereocenters. The second kappa shape index (κ2) is 8.81. The van der Waals surface area contributed by atoms with Crippen LogP contribution >= 0.6 is 0 Å². The minimum atomic E-state index is -0.127. The van der Waals surface area contributed by atoms with E-state index in [4.69, 9.17) is 4.74 Å². The molecule has 26 heavy (non-hydrogen) atoms. The molecule has 0 radical (unpaired) electrons. The number of amides is 1. The summed E-state index contributed by atoms with van der Waals surface area (Å²) in [6.45, 7) is 3.07. The smallest absolute Gasteiger partial charge is 0.255 e. The summed E-state index contributed by atoms with van der Waals surface area (Å²) < 4.78 is 5.85. The Kier molecular flexibility index (Phi) is 5.99. The molecule has 2 aromatic carbocycles. The molecule has 3 aromatic rings. The van der Waals surface area contributed by atoms with Crippen LogP contribution in [-0.4, -0.2) is 17.4 Å². The van der Waals surface area contributed by atoms with Gasteiger partial charge in [-0.3, -0.25) is 9.78 Å². The third kappa shape index (κ3) is 4.70. The van der Waals surface area contributed by atoms with Crippen LogP contribution in [0.4, 0.5) is 0 Å². The molecule has 0 aliphatic carbocycles. The van der Waals surface area contributed by atoms with E-state index in [0.717, 1.165) is 5.56 Å². The largest absolute Gasteiger partial charge is 0.488 e. The molecule has 1 amide bonds. The number of carbonyl (C=O) groups excluding carboxylic acids is 1. The maximum Gasteiger partial charge on any atom is 0.255 e. The van der Waals surface area contributed by atoms with Crippen LogP contribution in [0.1, 0.15) is 34.3 Å². The van der Waals surface area contributed by atoms with Crippen molar-refractivity contribution >= 4 is 5.91 Å². The number of ether oxygens (including phenoxy) is 1. The Morgan fingerprint density at radius 1 is 1.00 bits per heavy atom. The quantitative estimate of drug-likeness (QED) is 0.698. The molecule has 3 rings (SSSR count). The Morgan fingerprint density at radius 3 is 2.46 bits per heavy atom. The normalized spacial score (nSPS) is 11.6. The number of rotatable bonds is 7. The lowest BCUT2D eigenvalue weighted by molar-refractivity contribution is 0.0947. The Hall–Kier alpha value is -3.14. The van der Waals surface area contributed by atoms with Gasteiger partial charge in [-0.15, -0.1) is 0 Å². The molecule has 0 saturated heterocycles. The van der Waals surface area contributed by atoms with Crippen LogP contribution in [0.15, 0.2) is 79.1 Å². The summed E-state index contributed by atoms with van der Waals surface area (Å²) in [4.78, 5) is 16.6. The Balaban J connectivity index is 1.62. The number of hydrogen-bond donors (Lipinski definition) is 1. The molecule has 0 aliphatic heterocycles. The van der Waals surface area contributed by atoms with E-state index in [-0.39, 0.29) is 11.8 Å². The molecule has 1 aromatic heterocycles. The summed E-state index contributed by atoms with van der Waals surface area (Å²) in [7, 11) is 0. The van der Waals surface area contributed by atoms with Crippen molar-refractivity contribution in [3.05, 3.63) is 95.8 Å². The molecular weight excluding hydrogens is 324 g/mol. The highest BCUT2D eigenvalue weighted by atomic mass is 16.5. The van der Waals surface area contributed by atoms with Gasteiger partial charge in [0.25, 0.3) is 5.91 Å². The standard InChI is InChI=1S/C22H22N2O2/c1-17(19-7-3-2-4-8-19)15-24-22(25)20-9-5-6-10-21(20)26-16-18-11-13-23-14-12-18/h2-14,17H,15-16H2,1H3,(H,24,25). The summed E-state index contributed by atoms with van der Waals surface area (Å²) in [5.41, 5.74) is 2.75. The van der Waals surface area contributed by atoms with E-state index < -0.39 is 0 Å². The van der Waals surface area contributed by atoms with E-state index in [1.54, 1.807) is 18.5 Å². The number of benzene rings is 2. The van der Waals surface area contributed by atoms with E-state index in [1.807, 2.05) is 48.5 Å². The van der Waals surface area contributed by atoms with Crippen molar-refractivity contribution in [1.82, 2.24) is 10.3 Å². The van der Waals surface area contributed by atoms with Gasteiger partial charge in [0.1, 0.15) is 12.4 Å². The fourth-order valence-electron chi connectivity index (χ4n) is 2.66. The first-order chi connectivity index (χ1) is 12.7. The summed E-state index contributed by atoms with van der Waals surface area (Å²) in [6.07, 6.45) is 3.45. The molecule has 0 fully saturated rings. The SMILES string of the molecule is CC(CNC(=O)c1ccccc1OCc1ccncc1)c1ccccc1. The third-order valence-corrected chi connectivity index (χ3v) is 4.21. The zero-order valence-electron chi connectivity index (χ0n) is 14.8. The minimum Gasteiger partial charge on any atom is -0.488 e. The number of para-hydroxylation sites is 1. The van der Waals surface area contributed by atoms with Gasteiger partial charge in [0.15, 0.2) is 0 Å². The van der Waals surface area contributed by atoms with Crippen LogP contribution in [0.25, 0.3) is 0 Å². The molecule has 132 valence electrons. The van der Waals surface area contributed by atoms with Gasteiger partial charge in [0, 0.05) is 18.9 Å². The van der Waals surface area contributed by atoms with Crippen LogP contribution in [0.2, 0.25) is 0 Å². The van der Waals surface area contributed by atoms with Crippen molar-refractivity contribution in [2.75, 3.05) is 6.54 Å². The molecule has 0 bridgehead atoms. The zero-order valence-corrected chi connectivity index (χ0v) is 14.8. The number of aromatic nitrogens is 1. The predicted molar refractivity (Wildman–Crippen MR) is 102 cm³/mol. The van der Waals surface area contributed by atoms with Crippen LogP contribution < -0.4 is 10.1 Å². The Bertz CT molecular complexity index is 835. The van der Waals surface area contributed by atoms with Gasteiger partial charge in [-0.05, 0) is 41.3 Å². The maximum atomic E-state index is 12.6. The number of pyridine rings is 1. The lowest BCUT2D eigenvalue weighted by Crippen LogP contribution is -2.27. The third-order valence-electron chi connectivity index (χ3n) is 4.21. The van der Waals surface area contributed by atoms with E-state index in [9.17, 15) is 4.79 Å². The van der Waals surface area contributed by atoms with Gasteiger partial charge < -0.3 is 10.1 Å². The van der Waals surface area contributed by atoms with E-state index >= 15 is 0 Å². The number of nitrogens with one attached hydrogen (secondary N) is 1. The fourth-order valence-corrected chi connectivity index (χ4v) is 2.66. The van der Waals surface area contributed by atoms with Crippen molar-refractivity contribution in [2.24, 2.45) is 0 Å². The van der Waals surface area contributed by atoms with Crippen molar-refractivity contribution in [2.45, 2.75) is 19.4 Å². The van der Waals surface area contributed by atoms with E-state index in [1.165, 1.54) is 5.56 Å². The molecule has 4 nitrogen and oxygen atoms in total.